The number of amides is 2. The molecule has 0 radical (unpaired) electrons. The van der Waals surface area contributed by atoms with Crippen LogP contribution in [0.1, 0.15) is 89.6 Å². The van der Waals surface area contributed by atoms with Gasteiger partial charge in [-0.25, -0.2) is 0 Å². The molecular weight excluding hydrogens is 470 g/mol. The van der Waals surface area contributed by atoms with Crippen LogP contribution in [-0.2, 0) is 9.59 Å². The molecule has 0 aromatic carbocycles. The van der Waals surface area contributed by atoms with Crippen molar-refractivity contribution in [2.24, 2.45) is 17.8 Å². The van der Waals surface area contributed by atoms with Gasteiger partial charge >= 0.3 is 5.97 Å². The Labute approximate surface area is 210 Å². The fourth-order valence-electron chi connectivity index (χ4n) is 6.35. The zero-order valence-electron chi connectivity index (χ0n) is 21.0. The van der Waals surface area contributed by atoms with Gasteiger partial charge in [0.2, 0.25) is 11.7 Å². The van der Waals surface area contributed by atoms with Crippen molar-refractivity contribution in [2.75, 3.05) is 6.61 Å². The maximum Gasteiger partial charge on any atom is 0.303 e. The lowest BCUT2D eigenvalue weighted by molar-refractivity contribution is -0.139. The molecule has 4 fully saturated rings. The van der Waals surface area contributed by atoms with Gasteiger partial charge in [0.15, 0.2) is 0 Å². The zero-order chi connectivity index (χ0) is 25.4. The van der Waals surface area contributed by atoms with Gasteiger partial charge in [-0.3, -0.25) is 14.4 Å². The van der Waals surface area contributed by atoms with Gasteiger partial charge in [0.25, 0.3) is 11.8 Å². The minimum Gasteiger partial charge on any atom is -0.481 e. The summed E-state index contributed by atoms with van der Waals surface area (Å²) in [6.45, 7) is 7.69. The quantitative estimate of drug-likeness (QED) is 0.383. The van der Waals surface area contributed by atoms with Crippen LogP contribution in [-0.4, -0.2) is 51.0 Å². The van der Waals surface area contributed by atoms with E-state index in [2.05, 4.69) is 15.8 Å². The number of carboxylic acid groups (broad SMARTS) is 1. The largest absolute Gasteiger partial charge is 0.481 e. The molecule has 194 valence electrons. The molecule has 0 aliphatic heterocycles. The number of carbonyl (C=O) groups excluding carboxylic acids is 2. The molecular formula is C25H37N3O6S. The Morgan fingerprint density at radius 3 is 2.29 bits per heavy atom. The maximum absolute atomic E-state index is 13.4. The Morgan fingerprint density at radius 1 is 1.14 bits per heavy atom. The van der Waals surface area contributed by atoms with E-state index in [1.807, 2.05) is 13.8 Å². The smallest absolute Gasteiger partial charge is 0.303 e. The SMILES string of the molecule is CC(C)Sc1c(OCC(C)(C)NC(=O)CCC(=O)O)noc1C(=O)NC12CC3CC(CC(C3)C1)C2. The third-order valence-corrected chi connectivity index (χ3v) is 8.28. The van der Waals surface area contributed by atoms with E-state index >= 15 is 0 Å². The van der Waals surface area contributed by atoms with E-state index in [0.29, 0.717) is 22.6 Å². The lowest BCUT2D eigenvalue weighted by atomic mass is 9.53. The molecule has 4 saturated carbocycles. The van der Waals surface area contributed by atoms with E-state index in [9.17, 15) is 14.4 Å². The molecule has 3 N–H and O–H groups in total. The van der Waals surface area contributed by atoms with Crippen LogP contribution in [0.4, 0.5) is 0 Å². The van der Waals surface area contributed by atoms with E-state index in [1.54, 1.807) is 13.8 Å². The van der Waals surface area contributed by atoms with E-state index in [-0.39, 0.29) is 53.7 Å². The Hall–Kier alpha value is -2.23. The standard InChI is InChI=1S/C25H37N3O6S/c1-14(2)35-21-20(22(32)27-25-10-15-7-16(11-25)9-17(8-15)12-25)34-28-23(21)33-13-24(3,4)26-18(29)5-6-19(30)31/h14-17H,5-13H2,1-4H3,(H,26,29)(H,27,32)(H,30,31). The third-order valence-electron chi connectivity index (χ3n) is 7.21. The Kier molecular flexibility index (Phi) is 7.41. The van der Waals surface area contributed by atoms with E-state index in [1.165, 1.54) is 31.0 Å². The molecule has 1 heterocycles. The number of thioether (sulfide) groups is 1. The van der Waals surface area contributed by atoms with Gasteiger partial charge in [-0.2, -0.15) is 0 Å². The number of carbonyl (C=O) groups is 3. The normalized spacial score (nSPS) is 27.2. The number of aromatic nitrogens is 1. The van der Waals surface area contributed by atoms with E-state index in [4.69, 9.17) is 14.4 Å². The first kappa shape index (κ1) is 25.9. The van der Waals surface area contributed by atoms with Gasteiger partial charge in [-0.05, 0) is 75.3 Å². The summed E-state index contributed by atoms with van der Waals surface area (Å²) in [5.74, 6) is 0.927. The topological polar surface area (TPSA) is 131 Å². The van der Waals surface area contributed by atoms with Crippen molar-refractivity contribution in [2.45, 2.75) is 100 Å². The van der Waals surface area contributed by atoms with Gasteiger partial charge < -0.3 is 25.0 Å². The molecule has 0 spiro atoms. The van der Waals surface area contributed by atoms with Gasteiger partial charge in [0, 0.05) is 17.2 Å². The Balaban J connectivity index is 1.43. The summed E-state index contributed by atoms with van der Waals surface area (Å²) >= 11 is 1.46. The van der Waals surface area contributed by atoms with Crippen molar-refractivity contribution in [3.8, 4) is 5.88 Å². The average molecular weight is 508 g/mol. The van der Waals surface area contributed by atoms with Gasteiger partial charge in [-0.1, -0.05) is 13.8 Å². The Morgan fingerprint density at radius 2 is 1.74 bits per heavy atom. The molecule has 5 rings (SSSR count). The van der Waals surface area contributed by atoms with Crippen molar-refractivity contribution < 1.29 is 28.8 Å². The van der Waals surface area contributed by atoms with Crippen LogP contribution in [0.25, 0.3) is 0 Å². The van der Waals surface area contributed by atoms with Crippen LogP contribution in [0.5, 0.6) is 5.88 Å². The van der Waals surface area contributed by atoms with Crippen molar-refractivity contribution >= 4 is 29.5 Å². The second-order valence-corrected chi connectivity index (χ2v) is 13.2. The number of hydrogen-bond donors (Lipinski definition) is 3. The highest BCUT2D eigenvalue weighted by Crippen LogP contribution is 2.55. The number of nitrogens with zero attached hydrogens (tertiary/aromatic N) is 1. The Bertz CT molecular complexity index is 937. The predicted octanol–water partition coefficient (Wildman–Crippen LogP) is 4.01. The summed E-state index contributed by atoms with van der Waals surface area (Å²) < 4.78 is 11.4. The van der Waals surface area contributed by atoms with Crippen LogP contribution in [0.3, 0.4) is 0 Å². The van der Waals surface area contributed by atoms with Crippen molar-refractivity contribution in [1.29, 1.82) is 0 Å². The van der Waals surface area contributed by atoms with Crippen LogP contribution in [0.2, 0.25) is 0 Å². The summed E-state index contributed by atoms with van der Waals surface area (Å²) in [6.07, 6.45) is 6.70. The molecule has 10 heteroatoms. The molecule has 1 aromatic rings. The molecule has 0 unspecified atom stereocenters. The molecule has 35 heavy (non-hydrogen) atoms. The summed E-state index contributed by atoms with van der Waals surface area (Å²) in [6, 6.07) is 0. The highest BCUT2D eigenvalue weighted by atomic mass is 32.2. The third kappa shape index (κ3) is 6.32. The van der Waals surface area contributed by atoms with Gasteiger partial charge in [-0.15, -0.1) is 11.8 Å². The highest BCUT2D eigenvalue weighted by Gasteiger charge is 2.52. The van der Waals surface area contributed by atoms with Crippen molar-refractivity contribution in [3.63, 3.8) is 0 Å². The summed E-state index contributed by atoms with van der Waals surface area (Å²) in [5.41, 5.74) is -0.905. The molecule has 4 bridgehead atoms. The van der Waals surface area contributed by atoms with Crippen LogP contribution in [0, 0.1) is 17.8 Å². The number of carboxylic acids is 1. The summed E-state index contributed by atoms with van der Waals surface area (Å²) in [7, 11) is 0. The number of rotatable bonds is 11. The number of aliphatic carboxylic acids is 1. The highest BCUT2D eigenvalue weighted by molar-refractivity contribution is 8.00. The van der Waals surface area contributed by atoms with Crippen LogP contribution in [0.15, 0.2) is 9.42 Å². The van der Waals surface area contributed by atoms with E-state index in [0.717, 1.165) is 19.3 Å². The first-order valence-corrected chi connectivity index (χ1v) is 13.5. The molecule has 4 aliphatic carbocycles. The maximum atomic E-state index is 13.4. The van der Waals surface area contributed by atoms with E-state index < -0.39 is 11.5 Å². The van der Waals surface area contributed by atoms with Gasteiger partial charge in [0.05, 0.1) is 12.0 Å². The minimum atomic E-state index is -1.02. The molecule has 2 amide bonds. The second kappa shape index (κ2) is 10.0. The van der Waals surface area contributed by atoms with Crippen LogP contribution >= 0.6 is 11.8 Å². The zero-order valence-corrected chi connectivity index (χ0v) is 21.8. The summed E-state index contributed by atoms with van der Waals surface area (Å²) in [5, 5.41) is 19.1. The fourth-order valence-corrected chi connectivity index (χ4v) is 7.26. The first-order chi connectivity index (χ1) is 16.4. The van der Waals surface area contributed by atoms with Crippen LogP contribution < -0.4 is 15.4 Å². The number of hydrogen-bond acceptors (Lipinski definition) is 7. The lowest BCUT2D eigenvalue weighted by Gasteiger charge is -2.56. The molecule has 0 atom stereocenters. The fraction of sp³-hybridized carbons (Fsp3) is 0.760. The monoisotopic (exact) mass is 507 g/mol. The first-order valence-electron chi connectivity index (χ1n) is 12.6. The predicted molar refractivity (Wildman–Crippen MR) is 130 cm³/mol. The number of ether oxygens (including phenoxy) is 1. The molecule has 4 aliphatic rings. The van der Waals surface area contributed by atoms with Crippen molar-refractivity contribution in [3.05, 3.63) is 5.76 Å². The van der Waals surface area contributed by atoms with Crippen molar-refractivity contribution in [1.82, 2.24) is 15.8 Å². The minimum absolute atomic E-state index is 0.0834. The molecule has 9 nitrogen and oxygen atoms in total. The number of nitrogens with one attached hydrogen (secondary N) is 2. The summed E-state index contributed by atoms with van der Waals surface area (Å²) in [4.78, 5) is 36.7. The average Bonchev–Trinajstić information content (AvgIpc) is 3.11. The molecule has 1 aromatic heterocycles. The second-order valence-electron chi connectivity index (χ2n) is 11.6. The molecule has 0 saturated heterocycles. The lowest BCUT2D eigenvalue weighted by Crippen LogP contribution is -2.59. The van der Waals surface area contributed by atoms with Gasteiger partial charge in [0.1, 0.15) is 11.5 Å².